The molecular formula is C33H51NO4. The number of unbranched alkanes of at least 4 members (excludes halogenated alkanes) is 9. The third kappa shape index (κ3) is 10.6. The molecule has 0 amide bonds. The fourth-order valence-corrected chi connectivity index (χ4v) is 5.92. The highest BCUT2D eigenvalue weighted by molar-refractivity contribution is 5.79. The van der Waals surface area contributed by atoms with Crippen molar-refractivity contribution >= 4 is 11.9 Å². The van der Waals surface area contributed by atoms with E-state index in [9.17, 15) is 9.59 Å². The van der Waals surface area contributed by atoms with E-state index in [-0.39, 0.29) is 24.6 Å². The maximum absolute atomic E-state index is 13.2. The maximum atomic E-state index is 13.2. The Balaban J connectivity index is 1.31. The summed E-state index contributed by atoms with van der Waals surface area (Å²) < 4.78 is 11.6. The number of benzene rings is 1. The van der Waals surface area contributed by atoms with Gasteiger partial charge in [-0.3, -0.25) is 9.59 Å². The van der Waals surface area contributed by atoms with E-state index in [0.717, 1.165) is 44.1 Å². The summed E-state index contributed by atoms with van der Waals surface area (Å²) in [6, 6.07) is 10.6. The predicted octanol–water partition coefficient (Wildman–Crippen LogP) is 7.74. The number of carbonyl (C=O) groups is 2. The summed E-state index contributed by atoms with van der Waals surface area (Å²) in [5.41, 5.74) is 0.840. The second kappa shape index (κ2) is 17.4. The van der Waals surface area contributed by atoms with Crippen molar-refractivity contribution in [3.05, 3.63) is 48.0 Å². The van der Waals surface area contributed by atoms with Crippen molar-refractivity contribution in [3.63, 3.8) is 0 Å². The summed E-state index contributed by atoms with van der Waals surface area (Å²) in [6.45, 7) is 2.30. The highest BCUT2D eigenvalue weighted by Gasteiger charge is 2.40. The van der Waals surface area contributed by atoms with Crippen LogP contribution in [0.5, 0.6) is 0 Å². The van der Waals surface area contributed by atoms with Crippen molar-refractivity contribution in [2.24, 2.45) is 0 Å². The first-order valence-corrected chi connectivity index (χ1v) is 15.4. The van der Waals surface area contributed by atoms with E-state index in [4.69, 9.17) is 9.47 Å². The molecular weight excluding hydrogens is 474 g/mol. The van der Waals surface area contributed by atoms with Gasteiger partial charge >= 0.3 is 11.9 Å². The van der Waals surface area contributed by atoms with Gasteiger partial charge < -0.3 is 14.4 Å². The molecule has 2 bridgehead atoms. The Morgan fingerprint density at radius 3 is 2.16 bits per heavy atom. The Bertz CT molecular complexity index is 825. The molecule has 2 fully saturated rings. The number of esters is 2. The highest BCUT2D eigenvalue weighted by Crippen LogP contribution is 2.36. The number of piperidine rings is 1. The minimum atomic E-state index is -0.577. The Morgan fingerprint density at radius 2 is 1.50 bits per heavy atom. The molecule has 2 unspecified atom stereocenters. The topological polar surface area (TPSA) is 55.8 Å². The van der Waals surface area contributed by atoms with Crippen LogP contribution < -0.4 is 0 Å². The molecule has 2 aliphatic heterocycles. The molecule has 1 aromatic rings. The predicted molar refractivity (Wildman–Crippen MR) is 154 cm³/mol. The van der Waals surface area contributed by atoms with Crippen molar-refractivity contribution in [1.29, 1.82) is 0 Å². The van der Waals surface area contributed by atoms with Gasteiger partial charge in [-0.2, -0.15) is 0 Å². The molecule has 0 spiro atoms. The van der Waals surface area contributed by atoms with Crippen LogP contribution in [-0.4, -0.2) is 48.7 Å². The van der Waals surface area contributed by atoms with E-state index in [0.29, 0.717) is 18.5 Å². The first-order chi connectivity index (χ1) is 18.6. The van der Waals surface area contributed by atoms with E-state index in [2.05, 4.69) is 31.0 Å². The van der Waals surface area contributed by atoms with Crippen LogP contribution in [-0.2, 0) is 19.1 Å². The molecule has 0 aromatic heterocycles. The Kier molecular flexibility index (Phi) is 14.0. The molecule has 5 heteroatoms. The average Bonchev–Trinajstić information content (AvgIpc) is 3.11. The summed E-state index contributed by atoms with van der Waals surface area (Å²) >= 11 is 0. The molecule has 38 heavy (non-hydrogen) atoms. The van der Waals surface area contributed by atoms with Gasteiger partial charge in [0.05, 0.1) is 0 Å². The smallest absolute Gasteiger partial charge is 0.317 e. The lowest BCUT2D eigenvalue weighted by molar-refractivity contribution is -0.158. The lowest BCUT2D eigenvalue weighted by Gasteiger charge is -2.36. The summed E-state index contributed by atoms with van der Waals surface area (Å²) in [4.78, 5) is 28.1. The van der Waals surface area contributed by atoms with Crippen molar-refractivity contribution < 1.29 is 19.1 Å². The first-order valence-electron chi connectivity index (χ1n) is 15.4. The Morgan fingerprint density at radius 1 is 0.895 bits per heavy atom. The SMILES string of the molecule is CCCCCCCCC/C=C\CCCCC(=O)OCC(C(=O)OC1C[C@H]2CC[C@@H](C1)N2C)c1ccccc1. The van der Waals surface area contributed by atoms with Gasteiger partial charge in [0.1, 0.15) is 18.6 Å². The van der Waals surface area contributed by atoms with E-state index in [1.54, 1.807) is 0 Å². The lowest BCUT2D eigenvalue weighted by atomic mass is 9.98. The van der Waals surface area contributed by atoms with Crippen LogP contribution in [0.25, 0.3) is 0 Å². The van der Waals surface area contributed by atoms with Crippen LogP contribution in [0.15, 0.2) is 42.5 Å². The van der Waals surface area contributed by atoms with Crippen molar-refractivity contribution in [2.45, 2.75) is 134 Å². The van der Waals surface area contributed by atoms with E-state index in [1.807, 2.05) is 30.3 Å². The van der Waals surface area contributed by atoms with Crippen LogP contribution in [0.1, 0.15) is 121 Å². The van der Waals surface area contributed by atoms with Crippen molar-refractivity contribution in [1.82, 2.24) is 4.90 Å². The molecule has 212 valence electrons. The van der Waals surface area contributed by atoms with Gasteiger partial charge in [-0.1, -0.05) is 87.9 Å². The first kappa shape index (κ1) is 30.4. The molecule has 2 saturated heterocycles. The Labute approximate surface area is 231 Å². The lowest BCUT2D eigenvalue weighted by Crippen LogP contribution is -2.44. The van der Waals surface area contributed by atoms with Gasteiger partial charge in [-0.05, 0) is 70.4 Å². The standard InChI is InChI=1S/C33H51NO4/c1-3-4-5-6-7-8-9-10-11-12-13-14-18-21-32(35)37-26-31(27-19-16-15-17-20-27)33(36)38-30-24-28-22-23-29(25-30)34(28)2/h11-12,15-17,19-20,28-31H,3-10,13-14,18,21-26H2,1-2H3/b12-11-/t28-,29+,30?,31?. The molecule has 0 saturated carbocycles. The fourth-order valence-electron chi connectivity index (χ4n) is 5.92. The number of allylic oxidation sites excluding steroid dienone is 2. The van der Waals surface area contributed by atoms with E-state index in [1.165, 1.54) is 57.8 Å². The Hall–Kier alpha value is -2.14. The molecule has 0 radical (unpaired) electrons. The molecule has 4 atom stereocenters. The molecule has 2 heterocycles. The molecule has 1 aromatic carbocycles. The number of hydrogen-bond acceptors (Lipinski definition) is 5. The normalized spacial score (nSPS) is 22.0. The summed E-state index contributed by atoms with van der Waals surface area (Å²) in [5.74, 6) is -1.08. The van der Waals surface area contributed by atoms with Crippen molar-refractivity contribution in [3.8, 4) is 0 Å². The molecule has 5 nitrogen and oxygen atoms in total. The largest absolute Gasteiger partial charge is 0.464 e. The number of rotatable bonds is 18. The minimum Gasteiger partial charge on any atom is -0.464 e. The average molecular weight is 526 g/mol. The number of nitrogens with zero attached hydrogens (tertiary/aromatic N) is 1. The van der Waals surface area contributed by atoms with Crippen LogP contribution in [0.2, 0.25) is 0 Å². The van der Waals surface area contributed by atoms with Crippen LogP contribution in [0.4, 0.5) is 0 Å². The summed E-state index contributed by atoms with van der Waals surface area (Å²) in [6.07, 6.45) is 22.4. The van der Waals surface area contributed by atoms with Gasteiger partial charge in [0.25, 0.3) is 0 Å². The fraction of sp³-hybridized carbons (Fsp3) is 0.697. The number of carbonyl (C=O) groups excluding carboxylic acids is 2. The third-order valence-electron chi connectivity index (χ3n) is 8.38. The second-order valence-electron chi connectivity index (χ2n) is 11.4. The highest BCUT2D eigenvalue weighted by atomic mass is 16.6. The molecule has 0 aliphatic carbocycles. The third-order valence-corrected chi connectivity index (χ3v) is 8.38. The quantitative estimate of drug-likeness (QED) is 0.111. The number of hydrogen-bond donors (Lipinski definition) is 0. The van der Waals surface area contributed by atoms with Gasteiger partial charge in [0.15, 0.2) is 0 Å². The van der Waals surface area contributed by atoms with Gasteiger partial charge in [0.2, 0.25) is 0 Å². The van der Waals surface area contributed by atoms with Crippen molar-refractivity contribution in [2.75, 3.05) is 13.7 Å². The zero-order chi connectivity index (χ0) is 27.0. The van der Waals surface area contributed by atoms with Gasteiger partial charge in [0, 0.05) is 18.5 Å². The minimum absolute atomic E-state index is 0.0412. The number of fused-ring (bicyclic) bond motifs is 2. The van der Waals surface area contributed by atoms with E-state index < -0.39 is 5.92 Å². The van der Waals surface area contributed by atoms with Crippen LogP contribution in [0.3, 0.4) is 0 Å². The zero-order valence-electron chi connectivity index (χ0n) is 24.0. The molecule has 3 rings (SSSR count). The molecule has 0 N–H and O–H groups in total. The molecule has 2 aliphatic rings. The monoisotopic (exact) mass is 525 g/mol. The van der Waals surface area contributed by atoms with Gasteiger partial charge in [-0.25, -0.2) is 0 Å². The second-order valence-corrected chi connectivity index (χ2v) is 11.4. The summed E-state index contributed by atoms with van der Waals surface area (Å²) in [7, 11) is 2.18. The van der Waals surface area contributed by atoms with Gasteiger partial charge in [-0.15, -0.1) is 0 Å². The number of ether oxygens (including phenoxy) is 2. The van der Waals surface area contributed by atoms with Crippen LogP contribution in [0, 0.1) is 0 Å². The van der Waals surface area contributed by atoms with Crippen LogP contribution >= 0.6 is 0 Å². The maximum Gasteiger partial charge on any atom is 0.317 e. The summed E-state index contributed by atoms with van der Waals surface area (Å²) in [5, 5.41) is 0. The zero-order valence-corrected chi connectivity index (χ0v) is 24.0. The van der Waals surface area contributed by atoms with E-state index >= 15 is 0 Å².